The van der Waals surface area contributed by atoms with E-state index in [1.807, 2.05) is 29.2 Å². The molecule has 0 N–H and O–H groups in total. The smallest absolute Gasteiger partial charge is 0.254 e. The highest BCUT2D eigenvalue weighted by Crippen LogP contribution is 2.31. The lowest BCUT2D eigenvalue weighted by Crippen LogP contribution is -2.41. The number of hydrogen-bond donors (Lipinski definition) is 0. The lowest BCUT2D eigenvalue weighted by atomic mass is 9.82. The van der Waals surface area contributed by atoms with Crippen molar-refractivity contribution in [3.05, 3.63) is 29.8 Å². The van der Waals surface area contributed by atoms with Crippen LogP contribution in [0.15, 0.2) is 24.3 Å². The van der Waals surface area contributed by atoms with Gasteiger partial charge in [-0.15, -0.1) is 0 Å². The van der Waals surface area contributed by atoms with Crippen molar-refractivity contribution in [2.45, 2.75) is 26.2 Å². The zero-order valence-corrected chi connectivity index (χ0v) is 15.5. The number of amides is 1. The first-order chi connectivity index (χ1) is 12.1. The third-order valence-corrected chi connectivity index (χ3v) is 5.50. The maximum Gasteiger partial charge on any atom is 0.254 e. The molecule has 1 aromatic rings. The zero-order valence-electron chi connectivity index (χ0n) is 15.5. The first-order valence-corrected chi connectivity index (χ1v) is 9.33. The summed E-state index contributed by atoms with van der Waals surface area (Å²) < 4.78 is 10.8. The monoisotopic (exact) mass is 346 g/mol. The van der Waals surface area contributed by atoms with Crippen molar-refractivity contribution < 1.29 is 14.3 Å². The normalized spacial score (nSPS) is 21.6. The summed E-state index contributed by atoms with van der Waals surface area (Å²) in [4.78, 5) is 17.3. The zero-order chi connectivity index (χ0) is 17.7. The van der Waals surface area contributed by atoms with Crippen molar-refractivity contribution in [2.24, 2.45) is 5.41 Å². The molecule has 0 spiro atoms. The van der Waals surface area contributed by atoms with E-state index in [0.29, 0.717) is 11.0 Å². The van der Waals surface area contributed by atoms with Gasteiger partial charge in [0.05, 0.1) is 7.11 Å². The summed E-state index contributed by atoms with van der Waals surface area (Å²) in [5.74, 6) is 0.841. The van der Waals surface area contributed by atoms with E-state index in [0.717, 1.165) is 70.9 Å². The van der Waals surface area contributed by atoms with Crippen LogP contribution in [-0.2, 0) is 4.74 Å². The molecule has 0 aromatic heterocycles. The van der Waals surface area contributed by atoms with Crippen molar-refractivity contribution in [2.75, 3.05) is 53.0 Å². The lowest BCUT2D eigenvalue weighted by Gasteiger charge is -2.38. The standard InChI is InChI=1S/C20H30N2O3/c1-20(7-13-25-14-8-20)16-21-9-4-10-22(12-11-21)19(23)17-5-3-6-18(15-17)24-2/h3,5-6,15H,4,7-14,16H2,1-2H3. The van der Waals surface area contributed by atoms with Crippen LogP contribution in [0.25, 0.3) is 0 Å². The fourth-order valence-corrected chi connectivity index (χ4v) is 3.83. The van der Waals surface area contributed by atoms with Gasteiger partial charge in [0.15, 0.2) is 0 Å². The second-order valence-corrected chi connectivity index (χ2v) is 7.58. The Hall–Kier alpha value is -1.59. The highest BCUT2D eigenvalue weighted by molar-refractivity contribution is 5.94. The van der Waals surface area contributed by atoms with E-state index in [2.05, 4.69) is 11.8 Å². The maximum absolute atomic E-state index is 12.8. The van der Waals surface area contributed by atoms with Crippen LogP contribution in [0, 0.1) is 5.41 Å². The summed E-state index contributed by atoms with van der Waals surface area (Å²) in [5.41, 5.74) is 1.06. The average molecular weight is 346 g/mol. The second kappa shape index (κ2) is 8.19. The van der Waals surface area contributed by atoms with Crippen LogP contribution in [0.5, 0.6) is 5.75 Å². The molecule has 2 fully saturated rings. The molecular weight excluding hydrogens is 316 g/mol. The number of carbonyl (C=O) groups is 1. The van der Waals surface area contributed by atoms with Crippen LogP contribution in [-0.4, -0.2) is 68.8 Å². The van der Waals surface area contributed by atoms with Gasteiger partial charge in [-0.3, -0.25) is 4.79 Å². The molecule has 2 saturated heterocycles. The quantitative estimate of drug-likeness (QED) is 0.841. The highest BCUT2D eigenvalue weighted by Gasteiger charge is 2.30. The molecule has 2 aliphatic rings. The van der Waals surface area contributed by atoms with Crippen molar-refractivity contribution in [1.82, 2.24) is 9.80 Å². The summed E-state index contributed by atoms with van der Waals surface area (Å²) >= 11 is 0. The van der Waals surface area contributed by atoms with Gasteiger partial charge in [0, 0.05) is 45.0 Å². The number of rotatable bonds is 4. The van der Waals surface area contributed by atoms with Crippen LogP contribution >= 0.6 is 0 Å². The average Bonchev–Trinajstić information content (AvgIpc) is 2.87. The van der Waals surface area contributed by atoms with Crippen molar-refractivity contribution in [1.29, 1.82) is 0 Å². The predicted octanol–water partition coefficient (Wildman–Crippen LogP) is 2.66. The minimum atomic E-state index is 0.109. The minimum absolute atomic E-state index is 0.109. The summed E-state index contributed by atoms with van der Waals surface area (Å²) in [6.07, 6.45) is 3.30. The van der Waals surface area contributed by atoms with Crippen LogP contribution in [0.2, 0.25) is 0 Å². The van der Waals surface area contributed by atoms with Crippen LogP contribution in [0.4, 0.5) is 0 Å². The lowest BCUT2D eigenvalue weighted by molar-refractivity contribution is 0.00570. The number of nitrogens with zero attached hydrogens (tertiary/aromatic N) is 2. The van der Waals surface area contributed by atoms with E-state index < -0.39 is 0 Å². The molecule has 0 unspecified atom stereocenters. The van der Waals surface area contributed by atoms with Gasteiger partial charge < -0.3 is 19.3 Å². The summed E-state index contributed by atoms with van der Waals surface area (Å²) in [6.45, 7) is 8.88. The van der Waals surface area contributed by atoms with Gasteiger partial charge >= 0.3 is 0 Å². The Morgan fingerprint density at radius 2 is 2.00 bits per heavy atom. The number of benzene rings is 1. The van der Waals surface area contributed by atoms with Gasteiger partial charge in [0.1, 0.15) is 5.75 Å². The molecule has 0 radical (unpaired) electrons. The molecule has 1 amide bonds. The predicted molar refractivity (Wildman–Crippen MR) is 98.1 cm³/mol. The largest absolute Gasteiger partial charge is 0.497 e. The fraction of sp³-hybridized carbons (Fsp3) is 0.650. The van der Waals surface area contributed by atoms with E-state index in [1.54, 1.807) is 7.11 Å². The summed E-state index contributed by atoms with van der Waals surface area (Å²) in [6, 6.07) is 7.45. The molecule has 2 heterocycles. The van der Waals surface area contributed by atoms with Gasteiger partial charge in [0.25, 0.3) is 5.91 Å². The third kappa shape index (κ3) is 4.73. The molecule has 1 aromatic carbocycles. The molecule has 0 atom stereocenters. The Kier molecular flexibility index (Phi) is 5.97. The number of carbonyl (C=O) groups excluding carboxylic acids is 1. The fourth-order valence-electron chi connectivity index (χ4n) is 3.83. The molecule has 5 heteroatoms. The van der Waals surface area contributed by atoms with E-state index in [9.17, 15) is 4.79 Å². The molecule has 0 bridgehead atoms. The summed E-state index contributed by atoms with van der Waals surface area (Å²) in [7, 11) is 1.63. The second-order valence-electron chi connectivity index (χ2n) is 7.58. The van der Waals surface area contributed by atoms with Crippen molar-refractivity contribution in [3.8, 4) is 5.75 Å². The minimum Gasteiger partial charge on any atom is -0.497 e. The molecule has 25 heavy (non-hydrogen) atoms. The number of methoxy groups -OCH3 is 1. The van der Waals surface area contributed by atoms with Gasteiger partial charge in [-0.2, -0.15) is 0 Å². The maximum atomic E-state index is 12.8. The molecular formula is C20H30N2O3. The van der Waals surface area contributed by atoms with Crippen molar-refractivity contribution >= 4 is 5.91 Å². The molecule has 138 valence electrons. The van der Waals surface area contributed by atoms with E-state index in [4.69, 9.17) is 9.47 Å². The van der Waals surface area contributed by atoms with Crippen molar-refractivity contribution in [3.63, 3.8) is 0 Å². The topological polar surface area (TPSA) is 42.0 Å². The Bertz CT molecular complexity index is 584. The third-order valence-electron chi connectivity index (χ3n) is 5.50. The summed E-state index contributed by atoms with van der Waals surface area (Å²) in [5, 5.41) is 0. The first kappa shape index (κ1) is 18.2. The van der Waals surface area contributed by atoms with Gasteiger partial charge in [-0.25, -0.2) is 0 Å². The van der Waals surface area contributed by atoms with E-state index in [1.165, 1.54) is 0 Å². The molecule has 3 rings (SSSR count). The van der Waals surface area contributed by atoms with Crippen LogP contribution in [0.3, 0.4) is 0 Å². The van der Waals surface area contributed by atoms with Crippen LogP contribution in [0.1, 0.15) is 36.5 Å². The van der Waals surface area contributed by atoms with E-state index >= 15 is 0 Å². The van der Waals surface area contributed by atoms with Gasteiger partial charge in [0.2, 0.25) is 0 Å². The van der Waals surface area contributed by atoms with Gasteiger partial charge in [-0.05, 0) is 49.4 Å². The Labute approximate surface area is 150 Å². The SMILES string of the molecule is COc1cccc(C(=O)N2CCCN(CC3(C)CCOCC3)CC2)c1. The van der Waals surface area contributed by atoms with E-state index in [-0.39, 0.29) is 5.91 Å². The molecule has 5 nitrogen and oxygen atoms in total. The molecule has 2 aliphatic heterocycles. The molecule has 0 saturated carbocycles. The number of hydrogen-bond acceptors (Lipinski definition) is 4. The Morgan fingerprint density at radius 1 is 1.20 bits per heavy atom. The highest BCUT2D eigenvalue weighted by atomic mass is 16.5. The first-order valence-electron chi connectivity index (χ1n) is 9.33. The molecule has 0 aliphatic carbocycles. The Morgan fingerprint density at radius 3 is 2.76 bits per heavy atom. The Balaban J connectivity index is 1.58. The van der Waals surface area contributed by atoms with Crippen LogP contribution < -0.4 is 4.74 Å². The van der Waals surface area contributed by atoms with Gasteiger partial charge in [-0.1, -0.05) is 13.0 Å². The number of ether oxygens (including phenoxy) is 2.